The minimum Gasteiger partial charge on any atom is -0.366 e. The molecule has 98 valence electrons. The molecule has 0 aliphatic carbocycles. The van der Waals surface area contributed by atoms with Gasteiger partial charge >= 0.3 is 0 Å². The highest BCUT2D eigenvalue weighted by Gasteiger charge is 2.01. The molecule has 2 aromatic heterocycles. The summed E-state index contributed by atoms with van der Waals surface area (Å²) in [6.07, 6.45) is 9.28. The number of rotatable bonds is 5. The van der Waals surface area contributed by atoms with Crippen molar-refractivity contribution in [2.45, 2.75) is 19.8 Å². The van der Waals surface area contributed by atoms with E-state index >= 15 is 0 Å². The number of anilines is 1. The van der Waals surface area contributed by atoms with Crippen molar-refractivity contribution in [3.05, 3.63) is 54.3 Å². The van der Waals surface area contributed by atoms with Gasteiger partial charge in [-0.3, -0.25) is 4.98 Å². The average molecular weight is 254 g/mol. The van der Waals surface area contributed by atoms with Crippen LogP contribution in [-0.4, -0.2) is 21.5 Å². The number of hydrogen-bond donors (Lipinski definition) is 1. The van der Waals surface area contributed by atoms with Crippen LogP contribution in [0.5, 0.6) is 0 Å². The second-order valence-electron chi connectivity index (χ2n) is 4.55. The summed E-state index contributed by atoms with van der Waals surface area (Å²) in [5, 5.41) is 3.25. The normalized spacial score (nSPS) is 11.1. The van der Waals surface area contributed by atoms with Gasteiger partial charge in [-0.15, -0.1) is 0 Å². The Kier molecular flexibility index (Phi) is 4.61. The van der Waals surface area contributed by atoms with Gasteiger partial charge in [0, 0.05) is 30.7 Å². The van der Waals surface area contributed by atoms with Crippen molar-refractivity contribution in [1.82, 2.24) is 15.0 Å². The van der Waals surface area contributed by atoms with Gasteiger partial charge in [-0.05, 0) is 17.5 Å². The molecule has 0 fully saturated rings. The lowest BCUT2D eigenvalue weighted by Crippen LogP contribution is -2.03. The van der Waals surface area contributed by atoms with Gasteiger partial charge in [0.1, 0.15) is 12.1 Å². The first-order chi connectivity index (χ1) is 9.25. The van der Waals surface area contributed by atoms with E-state index in [0.29, 0.717) is 5.92 Å². The molecule has 0 aliphatic rings. The lowest BCUT2D eigenvalue weighted by Gasteiger charge is -2.06. The van der Waals surface area contributed by atoms with Gasteiger partial charge in [0.2, 0.25) is 0 Å². The summed E-state index contributed by atoms with van der Waals surface area (Å²) in [5.41, 5.74) is 2.14. The highest BCUT2D eigenvalue weighted by molar-refractivity contribution is 5.48. The summed E-state index contributed by atoms with van der Waals surface area (Å²) in [7, 11) is 0. The Bertz CT molecular complexity index is 535. The molecule has 2 aromatic rings. The van der Waals surface area contributed by atoms with Gasteiger partial charge in [-0.2, -0.15) is 0 Å². The lowest BCUT2D eigenvalue weighted by molar-refractivity contribution is 0.814. The molecule has 0 amide bonds. The largest absolute Gasteiger partial charge is 0.366 e. The molecule has 0 bridgehead atoms. The molecule has 4 nitrogen and oxygen atoms in total. The first kappa shape index (κ1) is 13.2. The number of nitrogens with one attached hydrogen (secondary N) is 1. The Hall–Kier alpha value is -2.23. The van der Waals surface area contributed by atoms with Crippen LogP contribution in [0, 0.1) is 0 Å². The monoisotopic (exact) mass is 254 g/mol. The molecule has 19 heavy (non-hydrogen) atoms. The Balaban J connectivity index is 1.89. The Morgan fingerprint density at radius 2 is 2.21 bits per heavy atom. The van der Waals surface area contributed by atoms with Crippen LogP contribution in [-0.2, 0) is 0 Å². The summed E-state index contributed by atoms with van der Waals surface area (Å²) < 4.78 is 0. The Labute approximate surface area is 113 Å². The van der Waals surface area contributed by atoms with Gasteiger partial charge in [0.25, 0.3) is 0 Å². The highest BCUT2D eigenvalue weighted by atomic mass is 15.0. The molecule has 1 N–H and O–H groups in total. The van der Waals surface area contributed by atoms with Gasteiger partial charge in [0.15, 0.2) is 0 Å². The summed E-state index contributed by atoms with van der Waals surface area (Å²) in [6, 6.07) is 5.93. The standard InChI is InChI=1S/C15H18N4/c1-12(2)14-9-15(19-11-18-14)17-8-4-6-13-5-3-7-16-10-13/h3-7,9-12H,8H2,1-2H3,(H,17,18,19)/b6-4+. The van der Waals surface area contributed by atoms with E-state index in [1.807, 2.05) is 36.5 Å². The molecular formula is C15H18N4. The lowest BCUT2D eigenvalue weighted by atomic mass is 10.1. The second-order valence-corrected chi connectivity index (χ2v) is 4.55. The van der Waals surface area contributed by atoms with Crippen LogP contribution < -0.4 is 5.32 Å². The number of nitrogens with zero attached hydrogens (tertiary/aromatic N) is 3. The smallest absolute Gasteiger partial charge is 0.129 e. The minimum absolute atomic E-state index is 0.412. The fraction of sp³-hybridized carbons (Fsp3) is 0.267. The maximum absolute atomic E-state index is 4.24. The predicted octanol–water partition coefficient (Wildman–Crippen LogP) is 3.12. The fourth-order valence-electron chi connectivity index (χ4n) is 1.62. The molecular weight excluding hydrogens is 236 g/mol. The third-order valence-corrected chi connectivity index (χ3v) is 2.68. The summed E-state index contributed by atoms with van der Waals surface area (Å²) >= 11 is 0. The maximum atomic E-state index is 4.24. The van der Waals surface area contributed by atoms with Crippen LogP contribution in [0.3, 0.4) is 0 Å². The van der Waals surface area contributed by atoms with Gasteiger partial charge in [0.05, 0.1) is 0 Å². The molecule has 2 rings (SSSR count). The zero-order valence-corrected chi connectivity index (χ0v) is 11.2. The quantitative estimate of drug-likeness (QED) is 0.890. The van der Waals surface area contributed by atoms with Crippen molar-refractivity contribution in [1.29, 1.82) is 0 Å². The molecule has 0 atom stereocenters. The van der Waals surface area contributed by atoms with E-state index < -0.39 is 0 Å². The van der Waals surface area contributed by atoms with E-state index in [4.69, 9.17) is 0 Å². The minimum atomic E-state index is 0.412. The van der Waals surface area contributed by atoms with E-state index in [0.717, 1.165) is 23.6 Å². The molecule has 0 radical (unpaired) electrons. The summed E-state index contributed by atoms with van der Waals surface area (Å²) in [4.78, 5) is 12.5. The molecule has 0 spiro atoms. The third kappa shape index (κ3) is 4.17. The first-order valence-corrected chi connectivity index (χ1v) is 6.38. The van der Waals surface area contributed by atoms with Gasteiger partial charge in [-0.1, -0.05) is 32.1 Å². The maximum Gasteiger partial charge on any atom is 0.129 e. The molecule has 0 saturated heterocycles. The van der Waals surface area contributed by atoms with Crippen molar-refractivity contribution in [2.24, 2.45) is 0 Å². The molecule has 0 unspecified atom stereocenters. The summed E-state index contributed by atoms with van der Waals surface area (Å²) in [5.74, 6) is 1.27. The number of pyridine rings is 1. The van der Waals surface area contributed by atoms with E-state index in [9.17, 15) is 0 Å². The Morgan fingerprint density at radius 1 is 1.32 bits per heavy atom. The molecule has 4 heteroatoms. The van der Waals surface area contributed by atoms with E-state index in [2.05, 4.69) is 34.1 Å². The molecule has 0 aromatic carbocycles. The Morgan fingerprint density at radius 3 is 2.95 bits per heavy atom. The zero-order valence-electron chi connectivity index (χ0n) is 11.2. The van der Waals surface area contributed by atoms with E-state index in [1.165, 1.54) is 0 Å². The highest BCUT2D eigenvalue weighted by Crippen LogP contribution is 2.13. The van der Waals surface area contributed by atoms with Crippen LogP contribution in [0.2, 0.25) is 0 Å². The third-order valence-electron chi connectivity index (χ3n) is 2.68. The van der Waals surface area contributed by atoms with Crippen LogP contribution in [0.4, 0.5) is 5.82 Å². The SMILES string of the molecule is CC(C)c1cc(NC/C=C/c2cccnc2)ncn1. The number of aromatic nitrogens is 3. The van der Waals surface area contributed by atoms with Gasteiger partial charge < -0.3 is 5.32 Å². The number of hydrogen-bond acceptors (Lipinski definition) is 4. The van der Waals surface area contributed by atoms with E-state index in [-0.39, 0.29) is 0 Å². The molecule has 0 saturated carbocycles. The van der Waals surface area contributed by atoms with Crippen molar-refractivity contribution >= 4 is 11.9 Å². The average Bonchev–Trinajstić information content (AvgIpc) is 2.45. The first-order valence-electron chi connectivity index (χ1n) is 6.38. The second kappa shape index (κ2) is 6.64. The van der Waals surface area contributed by atoms with Crippen LogP contribution in [0.1, 0.15) is 31.0 Å². The van der Waals surface area contributed by atoms with Crippen molar-refractivity contribution < 1.29 is 0 Å². The predicted molar refractivity (Wildman–Crippen MR) is 77.9 cm³/mol. The zero-order chi connectivity index (χ0) is 13.5. The van der Waals surface area contributed by atoms with Crippen molar-refractivity contribution in [3.63, 3.8) is 0 Å². The van der Waals surface area contributed by atoms with Crippen LogP contribution >= 0.6 is 0 Å². The van der Waals surface area contributed by atoms with Crippen LogP contribution in [0.15, 0.2) is 43.0 Å². The van der Waals surface area contributed by atoms with Crippen molar-refractivity contribution in [3.8, 4) is 0 Å². The van der Waals surface area contributed by atoms with Gasteiger partial charge in [-0.25, -0.2) is 9.97 Å². The fourth-order valence-corrected chi connectivity index (χ4v) is 1.62. The molecule has 2 heterocycles. The van der Waals surface area contributed by atoms with Crippen LogP contribution in [0.25, 0.3) is 6.08 Å². The van der Waals surface area contributed by atoms with Crippen molar-refractivity contribution in [2.75, 3.05) is 11.9 Å². The van der Waals surface area contributed by atoms with E-state index in [1.54, 1.807) is 12.5 Å². The summed E-state index contributed by atoms with van der Waals surface area (Å²) in [6.45, 7) is 4.96. The molecule has 0 aliphatic heterocycles. The topological polar surface area (TPSA) is 50.7 Å².